The molecule has 0 saturated carbocycles. The Hall–Kier alpha value is -0.0600. The first-order valence-corrected chi connectivity index (χ1v) is 3.27. The molecule has 0 aromatic heterocycles. The van der Waals surface area contributed by atoms with Crippen LogP contribution in [-0.4, -0.2) is 11.1 Å². The van der Waals surface area contributed by atoms with Crippen molar-refractivity contribution in [1.82, 2.24) is 0 Å². The van der Waals surface area contributed by atoms with Crippen LogP contribution in [0.1, 0.15) is 15.9 Å². The number of benzene rings is 1. The normalized spacial score (nSPS) is 8.08. The Morgan fingerprint density at radius 1 is 1.38 bits per heavy atom. The molecule has 0 atom stereocenters. The van der Waals surface area contributed by atoms with Crippen LogP contribution in [0.5, 0.6) is 0 Å². The van der Waals surface area contributed by atoms with Crippen molar-refractivity contribution in [2.45, 2.75) is 6.54 Å². The quantitative estimate of drug-likeness (QED) is 0.479. The third-order valence-corrected chi connectivity index (χ3v) is 1.47. The number of carbonyl (C=O) groups is 1. The minimum Gasteiger partial charge on any atom is -1.00 e. The van der Waals surface area contributed by atoms with E-state index in [1.165, 1.54) is 0 Å². The summed E-state index contributed by atoms with van der Waals surface area (Å²) in [4.78, 5) is 10.5. The smallest absolute Gasteiger partial charge is 1.00 e. The zero-order chi connectivity index (χ0) is 8.27. The number of halogens is 1. The topological polar surface area (TPSA) is 63.3 Å². The molecule has 0 aliphatic heterocycles. The molecule has 3 nitrogen and oxygen atoms in total. The molecule has 1 rings (SSSR count). The number of aromatic carboxylic acids is 1. The van der Waals surface area contributed by atoms with Gasteiger partial charge in [0.15, 0.2) is 0 Å². The predicted octanol–water partition coefficient (Wildman–Crippen LogP) is -5.15. The van der Waals surface area contributed by atoms with Gasteiger partial charge in [0.2, 0.25) is 0 Å². The number of hydrogen-bond acceptors (Lipinski definition) is 2. The molecule has 3 N–H and O–H groups in total. The number of carboxylic acids is 1. The molecule has 0 radical (unpaired) electrons. The van der Waals surface area contributed by atoms with Gasteiger partial charge in [0.1, 0.15) is 0 Å². The first kappa shape index (κ1) is 15.4. The van der Waals surface area contributed by atoms with Crippen molar-refractivity contribution in [2.24, 2.45) is 5.73 Å². The molecule has 0 fully saturated rings. The second kappa shape index (κ2) is 7.35. The maximum absolute atomic E-state index is 10.5. The monoisotopic (exact) mass is 209 g/mol. The Labute approximate surface area is 105 Å². The van der Waals surface area contributed by atoms with E-state index in [-0.39, 0.29) is 54.1 Å². The van der Waals surface area contributed by atoms with Crippen LogP contribution in [0.2, 0.25) is 0 Å². The summed E-state index contributed by atoms with van der Waals surface area (Å²) in [6.45, 7) is 0.266. The maximum atomic E-state index is 10.5. The molecule has 1 aromatic carbocycles. The van der Waals surface area contributed by atoms with Gasteiger partial charge in [-0.2, -0.15) is 0 Å². The van der Waals surface area contributed by atoms with Crippen LogP contribution in [0.25, 0.3) is 0 Å². The Morgan fingerprint density at radius 2 is 1.92 bits per heavy atom. The van der Waals surface area contributed by atoms with E-state index in [1.807, 2.05) is 0 Å². The molecular weight excluding hydrogens is 201 g/mol. The largest absolute Gasteiger partial charge is 1.00 e. The van der Waals surface area contributed by atoms with Gasteiger partial charge in [-0.05, 0) is 11.6 Å². The molecule has 0 unspecified atom stereocenters. The van der Waals surface area contributed by atoms with Crippen molar-refractivity contribution in [3.63, 3.8) is 0 Å². The van der Waals surface area contributed by atoms with Gasteiger partial charge in [-0.1, -0.05) is 18.2 Å². The second-order valence-electron chi connectivity index (χ2n) is 2.17. The third kappa shape index (κ3) is 4.11. The van der Waals surface area contributed by atoms with Crippen molar-refractivity contribution < 1.29 is 51.9 Å². The van der Waals surface area contributed by atoms with E-state index in [0.717, 1.165) is 0 Å². The van der Waals surface area contributed by atoms with E-state index < -0.39 is 5.97 Å². The standard InChI is InChI=1S/C8H9NO2.ClH.Na/c9-5-6-3-1-2-4-7(6)8(10)11;;/h1-4H,5,9H2,(H,10,11);1H;/q;;+1/p-1. The van der Waals surface area contributed by atoms with Crippen LogP contribution in [0.3, 0.4) is 0 Å². The molecule has 5 heteroatoms. The summed E-state index contributed by atoms with van der Waals surface area (Å²) in [5.74, 6) is -0.925. The first-order chi connectivity index (χ1) is 5.25. The molecule has 0 aliphatic rings. The average molecular weight is 210 g/mol. The van der Waals surface area contributed by atoms with E-state index in [1.54, 1.807) is 24.3 Å². The zero-order valence-electron chi connectivity index (χ0n) is 7.33. The fourth-order valence-electron chi connectivity index (χ4n) is 0.907. The zero-order valence-corrected chi connectivity index (χ0v) is 10.1. The first-order valence-electron chi connectivity index (χ1n) is 3.27. The minimum atomic E-state index is -0.925. The van der Waals surface area contributed by atoms with E-state index >= 15 is 0 Å². The van der Waals surface area contributed by atoms with E-state index in [0.29, 0.717) is 5.56 Å². The van der Waals surface area contributed by atoms with Gasteiger partial charge in [0.25, 0.3) is 0 Å². The summed E-state index contributed by atoms with van der Waals surface area (Å²) >= 11 is 0. The van der Waals surface area contributed by atoms with Crippen molar-refractivity contribution in [1.29, 1.82) is 0 Å². The fraction of sp³-hybridized carbons (Fsp3) is 0.125. The van der Waals surface area contributed by atoms with Gasteiger partial charge < -0.3 is 23.2 Å². The van der Waals surface area contributed by atoms with Crippen molar-refractivity contribution in [3.8, 4) is 0 Å². The van der Waals surface area contributed by atoms with E-state index in [9.17, 15) is 4.79 Å². The predicted molar refractivity (Wildman–Crippen MR) is 41.3 cm³/mol. The van der Waals surface area contributed by atoms with Gasteiger partial charge in [0.05, 0.1) is 5.56 Å². The number of hydrogen-bond donors (Lipinski definition) is 2. The fourth-order valence-corrected chi connectivity index (χ4v) is 0.907. The van der Waals surface area contributed by atoms with Crippen molar-refractivity contribution in [2.75, 3.05) is 0 Å². The van der Waals surface area contributed by atoms with Crippen LogP contribution in [0, 0.1) is 0 Å². The summed E-state index contributed by atoms with van der Waals surface area (Å²) in [6.07, 6.45) is 0. The van der Waals surface area contributed by atoms with Crippen molar-refractivity contribution in [3.05, 3.63) is 35.4 Å². The van der Waals surface area contributed by atoms with Crippen LogP contribution in [0.4, 0.5) is 0 Å². The number of nitrogens with two attached hydrogens (primary N) is 1. The van der Waals surface area contributed by atoms with Gasteiger partial charge in [-0.15, -0.1) is 0 Å². The molecule has 0 heterocycles. The summed E-state index contributed by atoms with van der Waals surface area (Å²) in [5, 5.41) is 8.64. The average Bonchev–Trinajstić information content (AvgIpc) is 2.04. The van der Waals surface area contributed by atoms with E-state index in [2.05, 4.69) is 0 Å². The summed E-state index contributed by atoms with van der Waals surface area (Å²) in [6, 6.07) is 6.71. The minimum absolute atomic E-state index is 0. The molecule has 0 bridgehead atoms. The summed E-state index contributed by atoms with van der Waals surface area (Å²) < 4.78 is 0. The molecule has 0 amide bonds. The number of carboxylic acid groups (broad SMARTS) is 1. The SMILES string of the molecule is NCc1ccccc1C(=O)O.[Cl-].[Na+]. The summed E-state index contributed by atoms with van der Waals surface area (Å²) in [7, 11) is 0. The van der Waals surface area contributed by atoms with E-state index in [4.69, 9.17) is 10.8 Å². The van der Waals surface area contributed by atoms with Gasteiger partial charge in [-0.3, -0.25) is 0 Å². The Bertz CT molecular complexity index is 281. The third-order valence-electron chi connectivity index (χ3n) is 1.47. The Balaban J connectivity index is 0. The molecule has 0 saturated heterocycles. The van der Waals surface area contributed by atoms with Gasteiger partial charge in [0, 0.05) is 6.54 Å². The Kier molecular flexibility index (Phi) is 8.72. The summed E-state index contributed by atoms with van der Waals surface area (Å²) in [5.41, 5.74) is 6.28. The van der Waals surface area contributed by atoms with Crippen molar-refractivity contribution >= 4 is 5.97 Å². The number of rotatable bonds is 2. The molecule has 1 aromatic rings. The Morgan fingerprint density at radius 3 is 2.31 bits per heavy atom. The molecular formula is C8H9ClNNaO2. The maximum Gasteiger partial charge on any atom is 1.00 e. The molecule has 66 valence electrons. The second-order valence-corrected chi connectivity index (χ2v) is 2.17. The van der Waals surface area contributed by atoms with Gasteiger partial charge >= 0.3 is 35.5 Å². The van der Waals surface area contributed by atoms with Gasteiger partial charge in [-0.25, -0.2) is 4.79 Å². The van der Waals surface area contributed by atoms with Crippen LogP contribution < -0.4 is 47.7 Å². The van der Waals surface area contributed by atoms with Crippen LogP contribution in [-0.2, 0) is 6.54 Å². The van der Waals surface area contributed by atoms with Crippen LogP contribution >= 0.6 is 0 Å². The molecule has 0 aliphatic carbocycles. The molecule has 0 spiro atoms. The molecule has 13 heavy (non-hydrogen) atoms. The van der Waals surface area contributed by atoms with Crippen LogP contribution in [0.15, 0.2) is 24.3 Å².